The van der Waals surface area contributed by atoms with Crippen molar-refractivity contribution in [1.82, 2.24) is 4.90 Å². The Morgan fingerprint density at radius 3 is 2.50 bits per heavy atom. The molecule has 1 saturated heterocycles. The predicted octanol–water partition coefficient (Wildman–Crippen LogP) is 0.0812. The smallest absolute Gasteiger partial charge is 0.269 e. The third-order valence-electron chi connectivity index (χ3n) is 1.70. The maximum atomic E-state index is 11.1. The van der Waals surface area contributed by atoms with Crippen LogP contribution in [0, 0.1) is 0 Å². The molecule has 56 valence electrons. The van der Waals surface area contributed by atoms with Gasteiger partial charge in [-0.25, -0.2) is 0 Å². The number of hydrogen-bond donors (Lipinski definition) is 1. The number of amides is 1. The van der Waals surface area contributed by atoms with E-state index in [9.17, 15) is 4.79 Å². The number of nitrogens with two attached hydrogens (primary N) is 1. The number of nitrogens with zero attached hydrogens (tertiary/aromatic N) is 1. The van der Waals surface area contributed by atoms with Gasteiger partial charge in [-0.1, -0.05) is 6.08 Å². The summed E-state index contributed by atoms with van der Waals surface area (Å²) in [6.45, 7) is 3.51. The van der Waals surface area contributed by atoms with Gasteiger partial charge in [0.05, 0.1) is 5.70 Å². The van der Waals surface area contributed by atoms with Crippen molar-refractivity contribution >= 4 is 5.91 Å². The Morgan fingerprint density at radius 2 is 2.20 bits per heavy atom. The minimum Gasteiger partial charge on any atom is -0.395 e. The summed E-state index contributed by atoms with van der Waals surface area (Å²) in [4.78, 5) is 12.8. The lowest BCUT2D eigenvalue weighted by molar-refractivity contribution is -0.130. The van der Waals surface area contributed by atoms with Crippen molar-refractivity contribution in [2.45, 2.75) is 13.3 Å². The van der Waals surface area contributed by atoms with E-state index in [0.29, 0.717) is 5.70 Å². The van der Waals surface area contributed by atoms with Gasteiger partial charge in [0.1, 0.15) is 0 Å². The number of rotatable bonds is 1. The van der Waals surface area contributed by atoms with E-state index in [1.807, 2.05) is 0 Å². The summed E-state index contributed by atoms with van der Waals surface area (Å²) in [6.07, 6.45) is 2.75. The van der Waals surface area contributed by atoms with Gasteiger partial charge < -0.3 is 10.6 Å². The van der Waals surface area contributed by atoms with E-state index in [0.717, 1.165) is 19.5 Å². The molecule has 1 aliphatic heterocycles. The summed E-state index contributed by atoms with van der Waals surface area (Å²) in [5, 5.41) is 0. The fourth-order valence-corrected chi connectivity index (χ4v) is 0.825. The highest BCUT2D eigenvalue weighted by Gasteiger charge is 2.20. The summed E-state index contributed by atoms with van der Waals surface area (Å²) >= 11 is 0. The molecule has 0 radical (unpaired) electrons. The van der Waals surface area contributed by atoms with Gasteiger partial charge in [-0.15, -0.1) is 0 Å². The van der Waals surface area contributed by atoms with E-state index in [-0.39, 0.29) is 5.91 Å². The van der Waals surface area contributed by atoms with Crippen molar-refractivity contribution < 1.29 is 4.79 Å². The van der Waals surface area contributed by atoms with Crippen LogP contribution in [0.15, 0.2) is 11.8 Å². The summed E-state index contributed by atoms with van der Waals surface area (Å²) < 4.78 is 0. The molecule has 1 fully saturated rings. The van der Waals surface area contributed by atoms with Gasteiger partial charge in [0.15, 0.2) is 0 Å². The van der Waals surface area contributed by atoms with E-state index < -0.39 is 0 Å². The molecule has 10 heavy (non-hydrogen) atoms. The number of carbonyl (C=O) groups excluding carboxylic acids is 1. The third-order valence-corrected chi connectivity index (χ3v) is 1.70. The van der Waals surface area contributed by atoms with Crippen molar-refractivity contribution in [1.29, 1.82) is 0 Å². The molecule has 0 aromatic carbocycles. The number of likely N-dealkylation sites (tertiary alicyclic amines) is 1. The molecule has 0 saturated carbocycles. The van der Waals surface area contributed by atoms with E-state index >= 15 is 0 Å². The molecule has 2 N–H and O–H groups in total. The Kier molecular flexibility index (Phi) is 1.94. The van der Waals surface area contributed by atoms with Crippen LogP contribution in [-0.2, 0) is 4.79 Å². The summed E-state index contributed by atoms with van der Waals surface area (Å²) in [6, 6.07) is 0. The van der Waals surface area contributed by atoms with Crippen LogP contribution in [-0.4, -0.2) is 23.9 Å². The van der Waals surface area contributed by atoms with Gasteiger partial charge in [-0.3, -0.25) is 4.79 Å². The SMILES string of the molecule is CC=C(N)C(=O)N1CCC1. The molecule has 0 aliphatic carbocycles. The Hall–Kier alpha value is -0.990. The Morgan fingerprint density at radius 1 is 1.60 bits per heavy atom. The zero-order valence-electron chi connectivity index (χ0n) is 6.13. The first-order chi connectivity index (χ1) is 4.75. The summed E-state index contributed by atoms with van der Waals surface area (Å²) in [7, 11) is 0. The van der Waals surface area contributed by atoms with Crippen LogP contribution >= 0.6 is 0 Å². The fourth-order valence-electron chi connectivity index (χ4n) is 0.825. The lowest BCUT2D eigenvalue weighted by Gasteiger charge is -2.30. The standard InChI is InChI=1S/C7H12N2O/c1-2-6(8)7(10)9-4-3-5-9/h2H,3-5,8H2,1H3. The molecule has 0 bridgehead atoms. The van der Waals surface area contributed by atoms with Crippen LogP contribution in [0.2, 0.25) is 0 Å². The van der Waals surface area contributed by atoms with Crippen molar-refractivity contribution in [2.75, 3.05) is 13.1 Å². The quantitative estimate of drug-likeness (QED) is 0.524. The van der Waals surface area contributed by atoms with Crippen LogP contribution in [0.5, 0.6) is 0 Å². The normalized spacial score (nSPS) is 18.5. The van der Waals surface area contributed by atoms with E-state index in [4.69, 9.17) is 5.73 Å². The minimum absolute atomic E-state index is 0.0197. The maximum absolute atomic E-state index is 11.1. The van der Waals surface area contributed by atoms with Crippen LogP contribution < -0.4 is 5.73 Å². The van der Waals surface area contributed by atoms with Gasteiger partial charge >= 0.3 is 0 Å². The van der Waals surface area contributed by atoms with Crippen LogP contribution in [0.4, 0.5) is 0 Å². The second kappa shape index (κ2) is 2.73. The molecule has 0 aromatic heterocycles. The molecular weight excluding hydrogens is 128 g/mol. The number of allylic oxidation sites excluding steroid dienone is 1. The molecular formula is C7H12N2O. The molecule has 1 amide bonds. The molecule has 3 heteroatoms. The number of carbonyl (C=O) groups is 1. The van der Waals surface area contributed by atoms with Crippen LogP contribution in [0.1, 0.15) is 13.3 Å². The molecule has 0 aromatic rings. The topological polar surface area (TPSA) is 46.3 Å². The lowest BCUT2D eigenvalue weighted by Crippen LogP contribution is -2.44. The average molecular weight is 140 g/mol. The van der Waals surface area contributed by atoms with Crippen molar-refractivity contribution in [3.8, 4) is 0 Å². The lowest BCUT2D eigenvalue weighted by atomic mass is 10.2. The summed E-state index contributed by atoms with van der Waals surface area (Å²) in [5.74, 6) is -0.0197. The third kappa shape index (κ3) is 1.12. The zero-order valence-corrected chi connectivity index (χ0v) is 6.13. The van der Waals surface area contributed by atoms with Gasteiger partial charge in [0.2, 0.25) is 0 Å². The van der Waals surface area contributed by atoms with Crippen molar-refractivity contribution in [3.05, 3.63) is 11.8 Å². The first-order valence-corrected chi connectivity index (χ1v) is 3.46. The van der Waals surface area contributed by atoms with Gasteiger partial charge in [0.25, 0.3) is 5.91 Å². The Balaban J connectivity index is 2.48. The summed E-state index contributed by atoms with van der Waals surface area (Å²) in [5.41, 5.74) is 5.76. The number of hydrogen-bond acceptors (Lipinski definition) is 2. The molecule has 0 atom stereocenters. The second-order valence-corrected chi connectivity index (χ2v) is 2.39. The van der Waals surface area contributed by atoms with Gasteiger partial charge in [0, 0.05) is 13.1 Å². The predicted molar refractivity (Wildman–Crippen MR) is 39.1 cm³/mol. The zero-order chi connectivity index (χ0) is 7.56. The van der Waals surface area contributed by atoms with Gasteiger partial charge in [-0.05, 0) is 13.3 Å². The first-order valence-electron chi connectivity index (χ1n) is 3.46. The fraction of sp³-hybridized carbons (Fsp3) is 0.571. The molecule has 3 nitrogen and oxygen atoms in total. The average Bonchev–Trinajstić information content (AvgIpc) is 1.82. The van der Waals surface area contributed by atoms with Crippen molar-refractivity contribution in [3.63, 3.8) is 0 Å². The molecule has 1 aliphatic rings. The van der Waals surface area contributed by atoms with Crippen molar-refractivity contribution in [2.24, 2.45) is 5.73 Å². The Bertz CT molecular complexity index is 170. The van der Waals surface area contributed by atoms with E-state index in [1.165, 1.54) is 0 Å². The van der Waals surface area contributed by atoms with Crippen LogP contribution in [0.3, 0.4) is 0 Å². The van der Waals surface area contributed by atoms with E-state index in [2.05, 4.69) is 0 Å². The highest BCUT2D eigenvalue weighted by molar-refractivity contribution is 5.92. The first kappa shape index (κ1) is 7.12. The van der Waals surface area contributed by atoms with E-state index in [1.54, 1.807) is 17.9 Å². The molecule has 1 heterocycles. The molecule has 0 unspecified atom stereocenters. The Labute approximate surface area is 60.5 Å². The minimum atomic E-state index is -0.0197. The second-order valence-electron chi connectivity index (χ2n) is 2.39. The molecule has 0 spiro atoms. The maximum Gasteiger partial charge on any atom is 0.269 e. The highest BCUT2D eigenvalue weighted by Crippen LogP contribution is 2.07. The largest absolute Gasteiger partial charge is 0.395 e. The van der Waals surface area contributed by atoms with Gasteiger partial charge in [-0.2, -0.15) is 0 Å². The monoisotopic (exact) mass is 140 g/mol. The van der Waals surface area contributed by atoms with Crippen LogP contribution in [0.25, 0.3) is 0 Å². The molecule has 1 rings (SSSR count). The highest BCUT2D eigenvalue weighted by atomic mass is 16.2.